The fraction of sp³-hybridized carbons (Fsp3) is 0.500. The molecule has 0 radical (unpaired) electrons. The smallest absolute Gasteiger partial charge is 0.193 e. The van der Waals surface area contributed by atoms with Crippen LogP contribution in [-0.2, 0) is 32.3 Å². The van der Waals surface area contributed by atoms with Gasteiger partial charge < -0.3 is 29.5 Å². The Kier molecular flexibility index (Phi) is 7.22. The number of rotatable bonds is 7. The number of benzene rings is 2. The molecule has 232 valence electrons. The number of ether oxygens (including phenoxy) is 3. The van der Waals surface area contributed by atoms with Crippen molar-refractivity contribution >= 4 is 11.6 Å². The lowest BCUT2D eigenvalue weighted by Gasteiger charge is -2.59. The summed E-state index contributed by atoms with van der Waals surface area (Å²) >= 11 is 0. The SMILES string of the molecule is C[C@]12C=CC(=O)C=C1CC[C@@H]1[C@@H]2[C@@H](O)C[C@@]2(C)[C@H]1C[C@H]1O[C@@H](c3ccc(OCc4cccc(CO)c4)cc3)O[C@]12C(=O)CO. The van der Waals surface area contributed by atoms with Gasteiger partial charge in [-0.3, -0.25) is 9.59 Å². The predicted octanol–water partition coefficient (Wildman–Crippen LogP) is 4.36. The Morgan fingerprint density at radius 2 is 1.86 bits per heavy atom. The fourth-order valence-corrected chi connectivity index (χ4v) is 9.54. The molecule has 0 bridgehead atoms. The van der Waals surface area contributed by atoms with Crippen LogP contribution in [0, 0.1) is 28.6 Å². The van der Waals surface area contributed by atoms with E-state index in [2.05, 4.69) is 6.92 Å². The first-order chi connectivity index (χ1) is 21.1. The predicted molar refractivity (Wildman–Crippen MR) is 160 cm³/mol. The molecule has 0 aromatic heterocycles. The van der Waals surface area contributed by atoms with Gasteiger partial charge in [0.25, 0.3) is 0 Å². The van der Waals surface area contributed by atoms with Crippen LogP contribution in [0.5, 0.6) is 5.75 Å². The van der Waals surface area contributed by atoms with E-state index in [4.69, 9.17) is 14.2 Å². The molecular formula is C36H40O8. The molecule has 1 saturated heterocycles. The zero-order valence-electron chi connectivity index (χ0n) is 25.1. The van der Waals surface area contributed by atoms with E-state index in [-0.39, 0.29) is 30.1 Å². The Labute approximate surface area is 257 Å². The van der Waals surface area contributed by atoms with Crippen LogP contribution in [0.15, 0.2) is 72.3 Å². The topological polar surface area (TPSA) is 123 Å². The van der Waals surface area contributed by atoms with Gasteiger partial charge in [-0.1, -0.05) is 61.9 Å². The van der Waals surface area contributed by atoms with Crippen LogP contribution in [0.25, 0.3) is 0 Å². The minimum absolute atomic E-state index is 0.00535. The summed E-state index contributed by atoms with van der Waals surface area (Å²) < 4.78 is 19.2. The van der Waals surface area contributed by atoms with Gasteiger partial charge in [-0.15, -0.1) is 0 Å². The molecule has 3 N–H and O–H groups in total. The average molecular weight is 601 g/mol. The standard InChI is InChI=1S/C36H40O8/c1-34-13-12-25(39)15-24(34)8-11-27-28-16-31-36(30(41)19-38,35(28,2)17-29(40)32(27)34)44-33(43-31)23-6-9-26(10-7-23)42-20-22-5-3-4-21(14-22)18-37/h3-7,9-10,12-15,27-29,31-33,37-38,40H,8,11,16-20H2,1-2H3/t27-,28-,29-,31+,32+,33+,34-,35-,36+/m0/s1. The summed E-state index contributed by atoms with van der Waals surface area (Å²) in [5.41, 5.74) is 1.05. The third kappa shape index (κ3) is 4.30. The van der Waals surface area contributed by atoms with Gasteiger partial charge in [-0.05, 0) is 72.9 Å². The second-order valence-corrected chi connectivity index (χ2v) is 13.7. The number of carbonyl (C=O) groups is 2. The first-order valence-electron chi connectivity index (χ1n) is 15.6. The van der Waals surface area contributed by atoms with Gasteiger partial charge in [0.15, 0.2) is 23.5 Å². The first kappa shape index (κ1) is 29.6. The number of aliphatic hydroxyl groups is 3. The molecule has 9 atom stereocenters. The minimum Gasteiger partial charge on any atom is -0.489 e. The van der Waals surface area contributed by atoms with Gasteiger partial charge >= 0.3 is 0 Å². The lowest BCUT2D eigenvalue weighted by Crippen LogP contribution is -2.63. The van der Waals surface area contributed by atoms with Gasteiger partial charge in [0.2, 0.25) is 0 Å². The Morgan fingerprint density at radius 1 is 1.09 bits per heavy atom. The maximum atomic E-state index is 13.7. The lowest BCUT2D eigenvalue weighted by atomic mass is 9.46. The normalized spacial score (nSPS) is 38.8. The monoisotopic (exact) mass is 600 g/mol. The molecule has 1 aliphatic heterocycles. The molecule has 2 aromatic carbocycles. The summed E-state index contributed by atoms with van der Waals surface area (Å²) in [6.07, 6.45) is 5.77. The summed E-state index contributed by atoms with van der Waals surface area (Å²) in [4.78, 5) is 25.9. The van der Waals surface area contributed by atoms with Crippen LogP contribution in [0.2, 0.25) is 0 Å². The van der Waals surface area contributed by atoms with E-state index in [1.165, 1.54) is 0 Å². The van der Waals surface area contributed by atoms with E-state index in [0.717, 1.165) is 35.1 Å². The minimum atomic E-state index is -1.38. The molecule has 4 aliphatic carbocycles. The third-order valence-electron chi connectivity index (χ3n) is 11.5. The highest BCUT2D eigenvalue weighted by molar-refractivity contribution is 6.01. The molecule has 5 aliphatic rings. The highest BCUT2D eigenvalue weighted by Gasteiger charge is 2.75. The summed E-state index contributed by atoms with van der Waals surface area (Å²) in [6, 6.07) is 15.0. The van der Waals surface area contributed by atoms with Crippen molar-refractivity contribution in [3.63, 3.8) is 0 Å². The maximum absolute atomic E-state index is 13.7. The largest absolute Gasteiger partial charge is 0.489 e. The molecule has 3 saturated carbocycles. The van der Waals surface area contributed by atoms with Crippen molar-refractivity contribution in [2.45, 2.75) is 76.8 Å². The second kappa shape index (κ2) is 10.7. The van der Waals surface area contributed by atoms with Crippen molar-refractivity contribution in [1.29, 1.82) is 0 Å². The van der Waals surface area contributed by atoms with Crippen molar-refractivity contribution in [2.24, 2.45) is 28.6 Å². The van der Waals surface area contributed by atoms with Crippen molar-refractivity contribution in [3.05, 3.63) is 89.0 Å². The van der Waals surface area contributed by atoms with Crippen LogP contribution >= 0.6 is 0 Å². The molecule has 4 fully saturated rings. The number of fused-ring (bicyclic) bond motifs is 7. The highest BCUT2D eigenvalue weighted by atomic mass is 16.7. The van der Waals surface area contributed by atoms with Crippen molar-refractivity contribution in [2.75, 3.05) is 6.61 Å². The van der Waals surface area contributed by atoms with Gasteiger partial charge in [-0.2, -0.15) is 0 Å². The number of carbonyl (C=O) groups excluding carboxylic acids is 2. The number of allylic oxidation sites excluding steroid dienone is 4. The molecule has 0 unspecified atom stereocenters. The van der Waals surface area contributed by atoms with Crippen molar-refractivity contribution in [1.82, 2.24) is 0 Å². The molecule has 0 amide bonds. The molecular weight excluding hydrogens is 560 g/mol. The Hall–Kier alpha value is -3.14. The lowest BCUT2D eigenvalue weighted by molar-refractivity contribution is -0.201. The maximum Gasteiger partial charge on any atom is 0.193 e. The Bertz CT molecular complexity index is 1530. The average Bonchev–Trinajstić information content (AvgIpc) is 3.53. The molecule has 8 nitrogen and oxygen atoms in total. The number of aliphatic hydroxyl groups excluding tert-OH is 3. The van der Waals surface area contributed by atoms with Crippen LogP contribution < -0.4 is 4.74 Å². The van der Waals surface area contributed by atoms with Gasteiger partial charge in [0.05, 0.1) is 18.8 Å². The zero-order chi connectivity index (χ0) is 30.9. The van der Waals surface area contributed by atoms with E-state index < -0.39 is 47.3 Å². The zero-order valence-corrected chi connectivity index (χ0v) is 25.1. The van der Waals surface area contributed by atoms with Crippen LogP contribution in [0.3, 0.4) is 0 Å². The van der Waals surface area contributed by atoms with Crippen molar-refractivity contribution < 1.29 is 39.1 Å². The van der Waals surface area contributed by atoms with E-state index in [1.807, 2.05) is 61.5 Å². The first-order valence-corrected chi connectivity index (χ1v) is 15.6. The molecule has 7 rings (SSSR count). The molecule has 1 heterocycles. The van der Waals surface area contributed by atoms with E-state index in [0.29, 0.717) is 25.2 Å². The molecule has 2 aromatic rings. The van der Waals surface area contributed by atoms with E-state index in [1.54, 1.807) is 12.2 Å². The summed E-state index contributed by atoms with van der Waals surface area (Å²) in [7, 11) is 0. The molecule has 44 heavy (non-hydrogen) atoms. The number of ketones is 2. The van der Waals surface area contributed by atoms with E-state index in [9.17, 15) is 24.9 Å². The summed E-state index contributed by atoms with van der Waals surface area (Å²) in [5.74, 6) is 0.318. The summed E-state index contributed by atoms with van der Waals surface area (Å²) in [5, 5.41) is 31.4. The fourth-order valence-electron chi connectivity index (χ4n) is 9.54. The number of hydrogen-bond acceptors (Lipinski definition) is 8. The second-order valence-electron chi connectivity index (χ2n) is 13.7. The van der Waals surface area contributed by atoms with Crippen LogP contribution in [0.4, 0.5) is 0 Å². The summed E-state index contributed by atoms with van der Waals surface area (Å²) in [6.45, 7) is 3.82. The van der Waals surface area contributed by atoms with Gasteiger partial charge in [-0.25, -0.2) is 0 Å². The van der Waals surface area contributed by atoms with Gasteiger partial charge in [0.1, 0.15) is 19.0 Å². The molecule has 8 heteroatoms. The Balaban J connectivity index is 1.13. The van der Waals surface area contributed by atoms with Crippen LogP contribution in [-0.4, -0.2) is 51.3 Å². The van der Waals surface area contributed by atoms with Crippen molar-refractivity contribution in [3.8, 4) is 5.75 Å². The highest BCUT2D eigenvalue weighted by Crippen LogP contribution is 2.70. The van der Waals surface area contributed by atoms with E-state index >= 15 is 0 Å². The quantitative estimate of drug-likeness (QED) is 0.429. The molecule has 0 spiro atoms. The number of Topliss-reactive ketones (excluding diaryl/α,β-unsaturated/α-hetero) is 1. The third-order valence-corrected chi connectivity index (χ3v) is 11.5. The van der Waals surface area contributed by atoms with Gasteiger partial charge in [0, 0.05) is 22.3 Å². The van der Waals surface area contributed by atoms with Crippen LogP contribution in [0.1, 0.15) is 62.5 Å². The number of hydrogen-bond donors (Lipinski definition) is 3. The Morgan fingerprint density at radius 3 is 2.61 bits per heavy atom.